The number of aliphatic carboxylic acids is 1. The Balaban J connectivity index is 0.000000841. The number of halogens is 2. The number of rotatable bonds is 5. The first-order valence-corrected chi connectivity index (χ1v) is 9.70. The van der Waals surface area contributed by atoms with Gasteiger partial charge in [0.05, 0.1) is 17.9 Å². The number of alkyl halides is 2. The largest absolute Gasteiger partial charge is 0.481 e. The molecule has 1 saturated heterocycles. The number of nitrogens with zero attached hydrogens (tertiary/aromatic N) is 2. The van der Waals surface area contributed by atoms with Crippen molar-refractivity contribution in [3.05, 3.63) is 22.7 Å². The van der Waals surface area contributed by atoms with Gasteiger partial charge < -0.3 is 20.3 Å². The van der Waals surface area contributed by atoms with Crippen LogP contribution in [0.25, 0.3) is 0 Å². The first-order chi connectivity index (χ1) is 13.5. The highest BCUT2D eigenvalue weighted by atomic mass is 35.5. The van der Waals surface area contributed by atoms with E-state index in [1.54, 1.807) is 27.7 Å². The van der Waals surface area contributed by atoms with E-state index < -0.39 is 30.2 Å². The van der Waals surface area contributed by atoms with Crippen molar-refractivity contribution in [2.24, 2.45) is 11.8 Å². The smallest absolute Gasteiger partial charge is 0.351 e. The van der Waals surface area contributed by atoms with Gasteiger partial charge in [-0.3, -0.25) is 14.2 Å². The van der Waals surface area contributed by atoms with Crippen LogP contribution in [0.3, 0.4) is 0 Å². The number of aromatic nitrogens is 2. The summed E-state index contributed by atoms with van der Waals surface area (Å²) in [5, 5.41) is 7.99. The highest BCUT2D eigenvalue weighted by molar-refractivity contribution is 6.15. The maximum absolute atomic E-state index is 14.0. The van der Waals surface area contributed by atoms with Crippen molar-refractivity contribution in [2.75, 3.05) is 18.7 Å². The number of nitrogens with two attached hydrogens (primary N) is 1. The number of hydrogen-bond acceptors (Lipinski definition) is 7. The highest BCUT2D eigenvalue weighted by Crippen LogP contribution is 2.30. The van der Waals surface area contributed by atoms with Crippen molar-refractivity contribution >= 4 is 29.4 Å². The van der Waals surface area contributed by atoms with Gasteiger partial charge in [0, 0.05) is 19.0 Å². The van der Waals surface area contributed by atoms with E-state index in [1.165, 1.54) is 18.6 Å². The Kier molecular flexibility index (Phi) is 12.1. The summed E-state index contributed by atoms with van der Waals surface area (Å²) in [5.74, 6) is -1.54. The van der Waals surface area contributed by atoms with Crippen LogP contribution >= 0.6 is 11.6 Å². The standard InChI is InChI=1S/C13H18FN3O4.C4H8O2.CH3Cl/c1-7(2)12(18)20-6-8-5-9(14)11(21-8)17-4-3-10(15)16-13(17)19;1-3(2)4(5)6;1-2/h3-4,7-9,11H,5-6H2,1-2H3,(H2,15,16,19);3H,1-2H3,(H,5,6);1H3. The van der Waals surface area contributed by atoms with Crippen LogP contribution in [0, 0.1) is 11.8 Å². The zero-order valence-corrected chi connectivity index (χ0v) is 17.9. The second kappa shape index (κ2) is 13.1. The number of carboxylic acids is 1. The molecule has 0 aliphatic carbocycles. The van der Waals surface area contributed by atoms with Crippen LogP contribution < -0.4 is 11.4 Å². The third-order valence-electron chi connectivity index (χ3n) is 3.63. The summed E-state index contributed by atoms with van der Waals surface area (Å²) in [7, 11) is 0. The Hall–Kier alpha value is -2.20. The number of carboxylic acid groups (broad SMARTS) is 1. The summed E-state index contributed by atoms with van der Waals surface area (Å²) < 4.78 is 25.5. The maximum atomic E-state index is 14.0. The zero-order chi connectivity index (χ0) is 22.7. The molecule has 1 fully saturated rings. The van der Waals surface area contributed by atoms with E-state index in [0.717, 1.165) is 4.57 Å². The molecule has 1 aliphatic heterocycles. The molecule has 11 heteroatoms. The van der Waals surface area contributed by atoms with Crippen LogP contribution in [-0.2, 0) is 19.1 Å². The number of carbonyl (C=O) groups is 2. The molecule has 1 aliphatic rings. The number of hydrogen-bond donors (Lipinski definition) is 2. The Morgan fingerprint density at radius 1 is 1.38 bits per heavy atom. The monoisotopic (exact) mass is 437 g/mol. The van der Waals surface area contributed by atoms with Crippen LogP contribution in [0.5, 0.6) is 0 Å². The van der Waals surface area contributed by atoms with Crippen LogP contribution in [0.4, 0.5) is 10.2 Å². The van der Waals surface area contributed by atoms with Gasteiger partial charge in [0.2, 0.25) is 0 Å². The number of esters is 1. The average molecular weight is 438 g/mol. The van der Waals surface area contributed by atoms with Gasteiger partial charge >= 0.3 is 17.6 Å². The minimum absolute atomic E-state index is 0.0366. The van der Waals surface area contributed by atoms with Crippen LogP contribution in [0.2, 0.25) is 0 Å². The minimum Gasteiger partial charge on any atom is -0.481 e. The molecule has 9 nitrogen and oxygen atoms in total. The molecule has 3 unspecified atom stereocenters. The molecule has 0 amide bonds. The van der Waals surface area contributed by atoms with E-state index in [4.69, 9.17) is 20.3 Å². The summed E-state index contributed by atoms with van der Waals surface area (Å²) in [4.78, 5) is 36.3. The fraction of sp³-hybridized carbons (Fsp3) is 0.667. The van der Waals surface area contributed by atoms with Crippen molar-refractivity contribution in [3.63, 3.8) is 0 Å². The molecule has 1 aromatic heterocycles. The number of ether oxygens (including phenoxy) is 2. The molecule has 3 N–H and O–H groups in total. The molecular weight excluding hydrogens is 409 g/mol. The van der Waals surface area contributed by atoms with Gasteiger partial charge in [-0.2, -0.15) is 4.98 Å². The molecule has 166 valence electrons. The van der Waals surface area contributed by atoms with Gasteiger partial charge in [-0.25, -0.2) is 9.18 Å². The summed E-state index contributed by atoms with van der Waals surface area (Å²) in [6.45, 7) is 6.66. The number of nitrogen functional groups attached to an aromatic ring is 1. The van der Waals surface area contributed by atoms with Crippen molar-refractivity contribution in [2.45, 2.75) is 52.6 Å². The van der Waals surface area contributed by atoms with Crippen molar-refractivity contribution in [1.29, 1.82) is 0 Å². The lowest BCUT2D eigenvalue weighted by molar-refractivity contribution is -0.152. The molecule has 0 radical (unpaired) electrons. The van der Waals surface area contributed by atoms with E-state index in [1.807, 2.05) is 0 Å². The van der Waals surface area contributed by atoms with Crippen molar-refractivity contribution < 1.29 is 28.6 Å². The van der Waals surface area contributed by atoms with Gasteiger partial charge in [-0.15, -0.1) is 11.6 Å². The van der Waals surface area contributed by atoms with E-state index in [9.17, 15) is 18.8 Å². The molecule has 0 spiro atoms. The number of carbonyl (C=O) groups excluding carboxylic acids is 1. The quantitative estimate of drug-likeness (QED) is 0.529. The normalized spacial score (nSPS) is 20.4. The van der Waals surface area contributed by atoms with Crippen molar-refractivity contribution in [3.8, 4) is 0 Å². The predicted molar refractivity (Wildman–Crippen MR) is 106 cm³/mol. The van der Waals surface area contributed by atoms with E-state index in [-0.39, 0.29) is 36.7 Å². The van der Waals surface area contributed by atoms with E-state index in [0.29, 0.717) is 0 Å². The van der Waals surface area contributed by atoms with Gasteiger partial charge in [-0.05, 0) is 6.07 Å². The molecule has 0 saturated carbocycles. The number of anilines is 1. The Labute approximate surface area is 174 Å². The highest BCUT2D eigenvalue weighted by Gasteiger charge is 2.38. The van der Waals surface area contributed by atoms with Crippen molar-refractivity contribution in [1.82, 2.24) is 9.55 Å². The van der Waals surface area contributed by atoms with Gasteiger partial charge in [0.15, 0.2) is 6.23 Å². The fourth-order valence-electron chi connectivity index (χ4n) is 2.01. The maximum Gasteiger partial charge on any atom is 0.351 e. The Morgan fingerprint density at radius 2 is 1.93 bits per heavy atom. The first kappa shape index (κ1) is 26.8. The molecule has 0 aromatic carbocycles. The van der Waals surface area contributed by atoms with Crippen LogP contribution in [0.1, 0.15) is 40.3 Å². The van der Waals surface area contributed by atoms with E-state index in [2.05, 4.69) is 16.6 Å². The topological polar surface area (TPSA) is 134 Å². The Morgan fingerprint density at radius 3 is 2.38 bits per heavy atom. The SMILES string of the molecule is CC(C)C(=O)O.CC(C)C(=O)OCC1CC(F)C(n2ccc(N)nc2=O)O1.CCl. The van der Waals surface area contributed by atoms with Gasteiger partial charge in [0.1, 0.15) is 18.6 Å². The average Bonchev–Trinajstić information content (AvgIpc) is 3.02. The third-order valence-corrected chi connectivity index (χ3v) is 3.63. The summed E-state index contributed by atoms with van der Waals surface area (Å²) in [5.41, 5.74) is 4.70. The molecular formula is C18H29ClFN3O6. The second-order valence-corrected chi connectivity index (χ2v) is 6.72. The fourth-order valence-corrected chi connectivity index (χ4v) is 2.01. The van der Waals surface area contributed by atoms with Crippen LogP contribution in [-0.4, -0.2) is 51.9 Å². The first-order valence-electron chi connectivity index (χ1n) is 8.94. The van der Waals surface area contributed by atoms with Crippen LogP contribution in [0.15, 0.2) is 17.1 Å². The molecule has 29 heavy (non-hydrogen) atoms. The minimum atomic E-state index is -1.38. The van der Waals surface area contributed by atoms with E-state index >= 15 is 0 Å². The molecule has 0 bridgehead atoms. The summed E-state index contributed by atoms with van der Waals surface area (Å²) in [6, 6.07) is 1.39. The molecule has 1 aromatic rings. The zero-order valence-electron chi connectivity index (χ0n) is 17.2. The predicted octanol–water partition coefficient (Wildman–Crippen LogP) is 2.23. The van der Waals surface area contributed by atoms with Gasteiger partial charge in [-0.1, -0.05) is 27.7 Å². The lowest BCUT2D eigenvalue weighted by atomic mass is 10.2. The lowest BCUT2D eigenvalue weighted by Crippen LogP contribution is -2.30. The molecule has 2 rings (SSSR count). The lowest BCUT2D eigenvalue weighted by Gasteiger charge is -2.16. The second-order valence-electron chi connectivity index (χ2n) is 6.72. The molecule has 3 atom stereocenters. The summed E-state index contributed by atoms with van der Waals surface area (Å²) in [6.07, 6.45) is -0.182. The Bertz CT molecular complexity index is 713. The van der Waals surface area contributed by atoms with Gasteiger partial charge in [0.25, 0.3) is 0 Å². The molecule has 2 heterocycles. The third kappa shape index (κ3) is 9.23. The summed E-state index contributed by atoms with van der Waals surface area (Å²) >= 11 is 4.64.